The van der Waals surface area contributed by atoms with Crippen molar-refractivity contribution in [2.75, 3.05) is 19.8 Å². The van der Waals surface area contributed by atoms with E-state index in [9.17, 15) is 14.3 Å². The van der Waals surface area contributed by atoms with Gasteiger partial charge < -0.3 is 20.3 Å². The summed E-state index contributed by atoms with van der Waals surface area (Å²) < 4.78 is 18.6. The normalized spacial score (nSPS) is 20.2. The second kappa shape index (κ2) is 4.68. The van der Waals surface area contributed by atoms with Gasteiger partial charge in [-0.15, -0.1) is 0 Å². The number of morpholine rings is 1. The molecule has 1 aliphatic heterocycles. The largest absolute Gasteiger partial charge is 0.505 e. The number of carbonyl (C=O) groups is 1. The number of ether oxygens (including phenoxy) is 1. The molecule has 1 saturated heterocycles. The molecule has 0 amide bonds. The van der Waals surface area contributed by atoms with Gasteiger partial charge in [-0.1, -0.05) is 0 Å². The number of aromatic carboxylic acids is 1. The number of nitrogens with one attached hydrogen (secondary N) is 1. The zero-order valence-electron chi connectivity index (χ0n) is 8.94. The highest BCUT2D eigenvalue weighted by atomic mass is 19.1. The Bertz CT molecular complexity index is 443. The number of carboxylic acids is 1. The van der Waals surface area contributed by atoms with Crippen LogP contribution in [0.25, 0.3) is 0 Å². The fourth-order valence-electron chi connectivity index (χ4n) is 1.77. The number of hydrogen-bond acceptors (Lipinski definition) is 4. The van der Waals surface area contributed by atoms with Crippen LogP contribution in [0.3, 0.4) is 0 Å². The molecule has 5 nitrogen and oxygen atoms in total. The third-order valence-electron chi connectivity index (χ3n) is 2.64. The first-order valence-corrected chi connectivity index (χ1v) is 5.16. The number of phenols is 1. The summed E-state index contributed by atoms with van der Waals surface area (Å²) in [7, 11) is 0. The maximum atomic E-state index is 13.4. The topological polar surface area (TPSA) is 78.8 Å². The van der Waals surface area contributed by atoms with Crippen molar-refractivity contribution in [3.63, 3.8) is 0 Å². The van der Waals surface area contributed by atoms with Gasteiger partial charge in [-0.25, -0.2) is 9.18 Å². The molecule has 0 spiro atoms. The van der Waals surface area contributed by atoms with Crippen LogP contribution in [0.2, 0.25) is 0 Å². The molecule has 1 aliphatic rings. The van der Waals surface area contributed by atoms with Crippen LogP contribution in [0.1, 0.15) is 22.0 Å². The molecule has 92 valence electrons. The molecular weight excluding hydrogens is 229 g/mol. The van der Waals surface area contributed by atoms with Gasteiger partial charge in [-0.2, -0.15) is 0 Å². The van der Waals surface area contributed by atoms with E-state index in [1.165, 1.54) is 6.07 Å². The number of rotatable bonds is 2. The zero-order valence-corrected chi connectivity index (χ0v) is 8.94. The number of carboxylic acid groups (broad SMARTS) is 1. The Morgan fingerprint density at radius 1 is 1.53 bits per heavy atom. The highest BCUT2D eigenvalue weighted by Crippen LogP contribution is 2.29. The van der Waals surface area contributed by atoms with Crippen LogP contribution in [-0.4, -0.2) is 35.9 Å². The van der Waals surface area contributed by atoms with Crippen LogP contribution in [0.15, 0.2) is 12.1 Å². The molecular formula is C11H12FNO4. The van der Waals surface area contributed by atoms with Gasteiger partial charge in [0.2, 0.25) is 0 Å². The summed E-state index contributed by atoms with van der Waals surface area (Å²) in [6, 6.07) is 1.66. The maximum absolute atomic E-state index is 13.4. The Balaban J connectivity index is 2.40. The van der Waals surface area contributed by atoms with Gasteiger partial charge in [0.05, 0.1) is 24.8 Å². The molecule has 1 fully saturated rings. The van der Waals surface area contributed by atoms with E-state index in [-0.39, 0.29) is 17.7 Å². The molecule has 0 aliphatic carbocycles. The van der Waals surface area contributed by atoms with Gasteiger partial charge in [-0.3, -0.25) is 0 Å². The predicted octanol–water partition coefficient (Wildman–Crippen LogP) is 0.890. The molecule has 6 heteroatoms. The van der Waals surface area contributed by atoms with Crippen molar-refractivity contribution < 1.29 is 24.1 Å². The predicted molar refractivity (Wildman–Crippen MR) is 56.6 cm³/mol. The molecule has 2 rings (SSSR count). The molecule has 0 aromatic heterocycles. The highest BCUT2D eigenvalue weighted by Gasteiger charge is 2.22. The van der Waals surface area contributed by atoms with Crippen molar-refractivity contribution in [2.45, 2.75) is 6.04 Å². The second-order valence-electron chi connectivity index (χ2n) is 3.78. The van der Waals surface area contributed by atoms with Gasteiger partial charge in [0.25, 0.3) is 0 Å². The van der Waals surface area contributed by atoms with Gasteiger partial charge >= 0.3 is 5.97 Å². The second-order valence-corrected chi connectivity index (χ2v) is 3.78. The van der Waals surface area contributed by atoms with E-state index in [4.69, 9.17) is 9.84 Å². The van der Waals surface area contributed by atoms with Crippen molar-refractivity contribution in [1.82, 2.24) is 5.32 Å². The van der Waals surface area contributed by atoms with E-state index in [0.717, 1.165) is 6.07 Å². The lowest BCUT2D eigenvalue weighted by Crippen LogP contribution is -2.34. The first kappa shape index (κ1) is 11.8. The third kappa shape index (κ3) is 2.37. The molecule has 0 bridgehead atoms. The fraction of sp³-hybridized carbons (Fsp3) is 0.364. The van der Waals surface area contributed by atoms with E-state index in [2.05, 4.69) is 5.32 Å². The van der Waals surface area contributed by atoms with Gasteiger partial charge in [0.15, 0.2) is 11.6 Å². The molecule has 1 aromatic rings. The zero-order chi connectivity index (χ0) is 12.4. The van der Waals surface area contributed by atoms with Crippen LogP contribution >= 0.6 is 0 Å². The van der Waals surface area contributed by atoms with E-state index < -0.39 is 23.6 Å². The Morgan fingerprint density at radius 3 is 2.88 bits per heavy atom. The monoisotopic (exact) mass is 241 g/mol. The minimum atomic E-state index is -1.23. The molecule has 1 aromatic carbocycles. The Morgan fingerprint density at radius 2 is 2.29 bits per heavy atom. The minimum Gasteiger partial charge on any atom is -0.505 e. The summed E-state index contributed by atoms with van der Waals surface area (Å²) in [5, 5.41) is 21.4. The molecule has 0 radical (unpaired) electrons. The third-order valence-corrected chi connectivity index (χ3v) is 2.64. The van der Waals surface area contributed by atoms with Crippen molar-refractivity contribution >= 4 is 5.97 Å². The van der Waals surface area contributed by atoms with E-state index in [0.29, 0.717) is 13.2 Å². The number of halogens is 1. The SMILES string of the molecule is O=C(O)c1cc(F)c(O)c([C@@H]2COCCN2)c1. The van der Waals surface area contributed by atoms with Crippen molar-refractivity contribution in [3.05, 3.63) is 29.1 Å². The lowest BCUT2D eigenvalue weighted by molar-refractivity contribution is 0.0691. The minimum absolute atomic E-state index is 0.192. The first-order valence-electron chi connectivity index (χ1n) is 5.16. The van der Waals surface area contributed by atoms with Crippen molar-refractivity contribution in [3.8, 4) is 5.75 Å². The lowest BCUT2D eigenvalue weighted by atomic mass is 10.0. The van der Waals surface area contributed by atoms with Crippen LogP contribution in [-0.2, 0) is 4.74 Å². The molecule has 0 unspecified atom stereocenters. The summed E-state index contributed by atoms with van der Waals surface area (Å²) in [6.45, 7) is 1.39. The summed E-state index contributed by atoms with van der Waals surface area (Å²) in [5.41, 5.74) is 0.0183. The standard InChI is InChI=1S/C11H12FNO4/c12-8-4-6(11(15)16)3-7(10(8)14)9-5-17-2-1-13-9/h3-4,9,13-14H,1-2,5H2,(H,15,16)/t9-/m0/s1. The molecule has 1 heterocycles. The lowest BCUT2D eigenvalue weighted by Gasteiger charge is -2.25. The average molecular weight is 241 g/mol. The highest BCUT2D eigenvalue weighted by molar-refractivity contribution is 5.88. The molecule has 17 heavy (non-hydrogen) atoms. The smallest absolute Gasteiger partial charge is 0.335 e. The Kier molecular flexibility index (Phi) is 3.26. The van der Waals surface area contributed by atoms with Crippen molar-refractivity contribution in [2.24, 2.45) is 0 Å². The Labute approximate surface area is 96.8 Å². The molecule has 1 atom stereocenters. The van der Waals surface area contributed by atoms with Crippen LogP contribution in [0, 0.1) is 5.82 Å². The average Bonchev–Trinajstić information content (AvgIpc) is 2.33. The summed E-state index contributed by atoms with van der Waals surface area (Å²) in [6.07, 6.45) is 0. The summed E-state index contributed by atoms with van der Waals surface area (Å²) in [5.74, 6) is -2.70. The summed E-state index contributed by atoms with van der Waals surface area (Å²) in [4.78, 5) is 10.8. The number of benzene rings is 1. The van der Waals surface area contributed by atoms with Gasteiger partial charge in [0.1, 0.15) is 0 Å². The van der Waals surface area contributed by atoms with Crippen LogP contribution in [0.5, 0.6) is 5.75 Å². The van der Waals surface area contributed by atoms with Crippen LogP contribution in [0.4, 0.5) is 4.39 Å². The number of hydrogen-bond donors (Lipinski definition) is 3. The number of phenolic OH excluding ortho intramolecular Hbond substituents is 1. The summed E-state index contributed by atoms with van der Waals surface area (Å²) >= 11 is 0. The van der Waals surface area contributed by atoms with E-state index >= 15 is 0 Å². The first-order chi connectivity index (χ1) is 8.09. The van der Waals surface area contributed by atoms with Crippen molar-refractivity contribution in [1.29, 1.82) is 0 Å². The quantitative estimate of drug-likeness (QED) is 0.716. The van der Waals surface area contributed by atoms with Gasteiger partial charge in [0, 0.05) is 12.1 Å². The van der Waals surface area contributed by atoms with E-state index in [1.807, 2.05) is 0 Å². The van der Waals surface area contributed by atoms with E-state index in [1.54, 1.807) is 0 Å². The maximum Gasteiger partial charge on any atom is 0.335 e. The Hall–Kier alpha value is -1.66. The van der Waals surface area contributed by atoms with Crippen LogP contribution < -0.4 is 5.32 Å². The molecule has 3 N–H and O–H groups in total. The number of aromatic hydroxyl groups is 1. The fourth-order valence-corrected chi connectivity index (χ4v) is 1.77. The molecule has 0 saturated carbocycles. The van der Waals surface area contributed by atoms with Gasteiger partial charge in [-0.05, 0) is 12.1 Å².